The average molecular weight is 479 g/mol. The topological polar surface area (TPSA) is 84.7 Å². The Morgan fingerprint density at radius 1 is 1.25 bits per heavy atom. The molecule has 172 valence electrons. The lowest BCUT2D eigenvalue weighted by atomic mass is 9.73. The fourth-order valence-electron chi connectivity index (χ4n) is 5.00. The van der Waals surface area contributed by atoms with Gasteiger partial charge < -0.3 is 9.64 Å². The first-order chi connectivity index (χ1) is 15.2. The predicted octanol–water partition coefficient (Wildman–Crippen LogP) is 1.86. The summed E-state index contributed by atoms with van der Waals surface area (Å²) in [6.07, 6.45) is 6.41. The molecule has 5 rings (SSSR count). The number of aryl methyl sites for hydroxylation is 1. The van der Waals surface area contributed by atoms with Gasteiger partial charge in [0.05, 0.1) is 43.2 Å². The van der Waals surface area contributed by atoms with E-state index in [0.717, 1.165) is 49.3 Å². The summed E-state index contributed by atoms with van der Waals surface area (Å²) in [5.74, 6) is 0.253. The van der Waals surface area contributed by atoms with E-state index in [0.29, 0.717) is 24.8 Å². The zero-order valence-electron chi connectivity index (χ0n) is 18.0. The molecule has 4 heterocycles. The van der Waals surface area contributed by atoms with Crippen LogP contribution in [0.25, 0.3) is 0 Å². The van der Waals surface area contributed by atoms with E-state index in [9.17, 15) is 13.2 Å². The van der Waals surface area contributed by atoms with Crippen molar-refractivity contribution < 1.29 is 17.9 Å². The third kappa shape index (κ3) is 3.96. The summed E-state index contributed by atoms with van der Waals surface area (Å²) in [6.45, 7) is 3.83. The number of fused-ring (bicyclic) bond motifs is 2. The van der Waals surface area contributed by atoms with Crippen LogP contribution < -0.4 is 4.90 Å². The van der Waals surface area contributed by atoms with Crippen LogP contribution in [0.3, 0.4) is 0 Å². The Bertz CT molecular complexity index is 1140. The van der Waals surface area contributed by atoms with Crippen molar-refractivity contribution in [1.29, 1.82) is 0 Å². The fourth-order valence-corrected chi connectivity index (χ4v) is 5.69. The summed E-state index contributed by atoms with van der Waals surface area (Å²) >= 11 is 6.33. The van der Waals surface area contributed by atoms with Gasteiger partial charge in [0.2, 0.25) is 5.91 Å². The lowest BCUT2D eigenvalue weighted by Crippen LogP contribution is -2.55. The van der Waals surface area contributed by atoms with Gasteiger partial charge in [-0.25, -0.2) is 8.42 Å². The molecule has 1 spiro atoms. The Labute approximate surface area is 193 Å². The number of anilines is 1. The summed E-state index contributed by atoms with van der Waals surface area (Å²) in [6, 6.07) is 5.91. The van der Waals surface area contributed by atoms with Crippen molar-refractivity contribution in [3.05, 3.63) is 46.7 Å². The van der Waals surface area contributed by atoms with Crippen molar-refractivity contribution in [1.82, 2.24) is 14.7 Å². The number of sulfone groups is 1. The highest BCUT2D eigenvalue weighted by Crippen LogP contribution is 2.50. The number of nitrogens with zero attached hydrogens (tertiary/aromatic N) is 4. The average Bonchev–Trinajstić information content (AvgIpc) is 3.24. The van der Waals surface area contributed by atoms with Crippen LogP contribution in [0.1, 0.15) is 24.0 Å². The second-order valence-corrected chi connectivity index (χ2v) is 11.8. The number of halogens is 1. The zero-order valence-corrected chi connectivity index (χ0v) is 19.6. The van der Waals surface area contributed by atoms with E-state index >= 15 is 0 Å². The molecule has 0 radical (unpaired) electrons. The molecule has 32 heavy (non-hydrogen) atoms. The van der Waals surface area contributed by atoms with E-state index in [4.69, 9.17) is 16.3 Å². The van der Waals surface area contributed by atoms with Crippen molar-refractivity contribution in [3.8, 4) is 0 Å². The SMILES string of the molecule is CS(=O)(=O)CCn1cc(CN2CCC3(CC2)C(=O)N(C2COC2)c2ccc(Cl)cc23)cn1. The van der Waals surface area contributed by atoms with Crippen molar-refractivity contribution in [2.75, 3.05) is 43.2 Å². The number of carbonyl (C=O) groups excluding carboxylic acids is 1. The lowest BCUT2D eigenvalue weighted by Gasteiger charge is -2.40. The van der Waals surface area contributed by atoms with E-state index < -0.39 is 15.3 Å². The van der Waals surface area contributed by atoms with Gasteiger partial charge in [-0.15, -0.1) is 0 Å². The van der Waals surface area contributed by atoms with Crippen LogP contribution >= 0.6 is 11.6 Å². The van der Waals surface area contributed by atoms with Gasteiger partial charge in [0.25, 0.3) is 0 Å². The normalized spacial score (nSPS) is 21.2. The zero-order chi connectivity index (χ0) is 22.5. The maximum atomic E-state index is 13.7. The second-order valence-electron chi connectivity index (χ2n) is 9.13. The molecule has 0 unspecified atom stereocenters. The van der Waals surface area contributed by atoms with Gasteiger partial charge >= 0.3 is 0 Å². The van der Waals surface area contributed by atoms with Crippen LogP contribution in [0.15, 0.2) is 30.6 Å². The minimum atomic E-state index is -3.02. The van der Waals surface area contributed by atoms with Crippen LogP contribution in [-0.2, 0) is 37.9 Å². The molecule has 2 aromatic rings. The minimum absolute atomic E-state index is 0.0764. The Morgan fingerprint density at radius 2 is 2.00 bits per heavy atom. The highest BCUT2D eigenvalue weighted by atomic mass is 35.5. The number of aromatic nitrogens is 2. The molecule has 1 amide bonds. The molecule has 0 N–H and O–H groups in total. The second kappa shape index (κ2) is 8.13. The molecule has 0 saturated carbocycles. The summed E-state index contributed by atoms with van der Waals surface area (Å²) in [7, 11) is -3.02. The molecule has 2 fully saturated rings. The van der Waals surface area contributed by atoms with Gasteiger partial charge in [0.15, 0.2) is 0 Å². The molecular formula is C22H27ClN4O4S. The van der Waals surface area contributed by atoms with E-state index in [-0.39, 0.29) is 17.7 Å². The number of hydrogen-bond acceptors (Lipinski definition) is 6. The van der Waals surface area contributed by atoms with E-state index in [1.54, 1.807) is 10.9 Å². The Balaban J connectivity index is 1.28. The molecule has 3 aliphatic heterocycles. The van der Waals surface area contributed by atoms with Crippen LogP contribution in [0.5, 0.6) is 0 Å². The van der Waals surface area contributed by atoms with E-state index in [2.05, 4.69) is 10.00 Å². The first-order valence-corrected chi connectivity index (χ1v) is 13.3. The molecular weight excluding hydrogens is 452 g/mol. The number of piperidine rings is 1. The Hall–Kier alpha value is -1.94. The van der Waals surface area contributed by atoms with E-state index in [1.165, 1.54) is 6.26 Å². The molecule has 0 aliphatic carbocycles. The number of amides is 1. The van der Waals surface area contributed by atoms with Crippen LogP contribution in [0.2, 0.25) is 5.02 Å². The van der Waals surface area contributed by atoms with Gasteiger partial charge in [-0.3, -0.25) is 14.4 Å². The quantitative estimate of drug-likeness (QED) is 0.630. The lowest BCUT2D eigenvalue weighted by molar-refractivity contribution is -0.127. The summed E-state index contributed by atoms with van der Waals surface area (Å²) in [4.78, 5) is 17.9. The summed E-state index contributed by atoms with van der Waals surface area (Å²) < 4.78 is 29.8. The predicted molar refractivity (Wildman–Crippen MR) is 122 cm³/mol. The van der Waals surface area contributed by atoms with Crippen molar-refractivity contribution >= 4 is 33.0 Å². The smallest absolute Gasteiger partial charge is 0.238 e. The van der Waals surface area contributed by atoms with Gasteiger partial charge in [-0.05, 0) is 49.7 Å². The molecule has 3 aliphatic rings. The highest BCUT2D eigenvalue weighted by Gasteiger charge is 2.54. The van der Waals surface area contributed by atoms with Crippen molar-refractivity contribution in [2.24, 2.45) is 0 Å². The fraction of sp³-hybridized carbons (Fsp3) is 0.545. The van der Waals surface area contributed by atoms with Gasteiger partial charge in [-0.1, -0.05) is 11.6 Å². The maximum absolute atomic E-state index is 13.7. The number of likely N-dealkylation sites (tertiary alicyclic amines) is 1. The van der Waals surface area contributed by atoms with Crippen molar-refractivity contribution in [2.45, 2.75) is 37.4 Å². The van der Waals surface area contributed by atoms with Gasteiger partial charge in [-0.2, -0.15) is 5.10 Å². The number of benzene rings is 1. The van der Waals surface area contributed by atoms with Crippen molar-refractivity contribution in [3.63, 3.8) is 0 Å². The number of hydrogen-bond donors (Lipinski definition) is 0. The number of carbonyl (C=O) groups is 1. The molecule has 0 atom stereocenters. The summed E-state index contributed by atoms with van der Waals surface area (Å²) in [5.41, 5.74) is 2.55. The first-order valence-electron chi connectivity index (χ1n) is 10.9. The highest BCUT2D eigenvalue weighted by molar-refractivity contribution is 7.90. The van der Waals surface area contributed by atoms with Gasteiger partial charge in [0, 0.05) is 35.3 Å². The maximum Gasteiger partial charge on any atom is 0.238 e. The van der Waals surface area contributed by atoms with Crippen LogP contribution in [0.4, 0.5) is 5.69 Å². The number of rotatable bonds is 6. The third-order valence-electron chi connectivity index (χ3n) is 6.84. The molecule has 10 heteroatoms. The van der Waals surface area contributed by atoms with Crippen LogP contribution in [-0.4, -0.2) is 73.4 Å². The first kappa shape index (κ1) is 21.9. The number of ether oxygens (including phenoxy) is 1. The summed E-state index contributed by atoms with van der Waals surface area (Å²) in [5, 5.41) is 4.95. The minimum Gasteiger partial charge on any atom is -0.377 e. The molecule has 2 saturated heterocycles. The largest absolute Gasteiger partial charge is 0.377 e. The standard InChI is InChI=1S/C22H27ClN4O4S/c1-32(29,30)9-8-26-13-16(11-24-26)12-25-6-4-22(5-7-25)19-10-17(23)2-3-20(19)27(21(22)28)18-14-31-15-18/h2-3,10-11,13,18H,4-9,12,14-15H2,1H3. The third-order valence-corrected chi connectivity index (χ3v) is 8.00. The molecule has 8 nitrogen and oxygen atoms in total. The van der Waals surface area contributed by atoms with Crippen LogP contribution in [0, 0.1) is 0 Å². The molecule has 0 bridgehead atoms. The van der Waals surface area contributed by atoms with E-state index in [1.807, 2.05) is 29.3 Å². The molecule has 1 aromatic carbocycles. The Kier molecular flexibility index (Phi) is 5.56. The Morgan fingerprint density at radius 3 is 2.66 bits per heavy atom. The van der Waals surface area contributed by atoms with Gasteiger partial charge in [0.1, 0.15) is 9.84 Å². The monoisotopic (exact) mass is 478 g/mol. The molecule has 1 aromatic heterocycles.